The van der Waals surface area contributed by atoms with Crippen LogP contribution >= 0.6 is 0 Å². The highest BCUT2D eigenvalue weighted by molar-refractivity contribution is 6.92. The molecule has 2 aromatic carbocycles. The molecule has 0 aliphatic rings. The average Bonchev–Trinajstić information content (AvgIpc) is 2.45. The summed E-state index contributed by atoms with van der Waals surface area (Å²) in [5, 5.41) is 1.09. The first-order valence-electron chi connectivity index (χ1n) is 7.60. The lowest BCUT2D eigenvalue weighted by Crippen LogP contribution is -2.53. The average molecular weight is 329 g/mol. The number of hydrogen-bond donors (Lipinski definition) is 0. The van der Waals surface area contributed by atoms with Crippen LogP contribution in [0, 0.1) is 0 Å². The van der Waals surface area contributed by atoms with Gasteiger partial charge in [-0.25, -0.2) is 0 Å². The number of ketones is 1. The Labute approximate surface area is 135 Å². The van der Waals surface area contributed by atoms with E-state index in [9.17, 15) is 4.79 Å². The minimum Gasteiger partial charge on any atom is -0.452 e. The molecule has 0 heterocycles. The van der Waals surface area contributed by atoms with Gasteiger partial charge in [0.1, 0.15) is 0 Å². The van der Waals surface area contributed by atoms with Crippen LogP contribution in [0.2, 0.25) is 32.7 Å². The van der Waals surface area contributed by atoms with E-state index in [-0.39, 0.29) is 5.78 Å². The predicted molar refractivity (Wildman–Crippen MR) is 97.9 cm³/mol. The van der Waals surface area contributed by atoms with Crippen molar-refractivity contribution in [3.05, 3.63) is 65.7 Å². The van der Waals surface area contributed by atoms with Crippen molar-refractivity contribution in [2.75, 3.05) is 0 Å². The van der Waals surface area contributed by atoms with Crippen molar-refractivity contribution in [1.82, 2.24) is 0 Å². The zero-order valence-electron chi connectivity index (χ0n) is 14.0. The maximum absolute atomic E-state index is 12.9. The molecular formula is C18H24O2Si2. The Bertz CT molecular complexity index is 658. The summed E-state index contributed by atoms with van der Waals surface area (Å²) in [6.45, 7) is 11.0. The molecule has 0 atom stereocenters. The van der Waals surface area contributed by atoms with Gasteiger partial charge in [0.25, 0.3) is 0 Å². The molecule has 0 N–H and O–H groups in total. The Hall–Kier alpha value is -1.50. The standard InChI is InChI=1S/C18H24O2Si2/c1-21(2,3)20-22(4,5)17-14-10-9-13-16(17)18(19)15-11-7-6-8-12-15/h6-14H,1-5H3. The lowest BCUT2D eigenvalue weighted by molar-refractivity contribution is 0.103. The third-order valence-corrected chi connectivity index (χ3v) is 9.64. The highest BCUT2D eigenvalue weighted by Crippen LogP contribution is 2.18. The summed E-state index contributed by atoms with van der Waals surface area (Å²) in [4.78, 5) is 12.9. The number of hydrogen-bond acceptors (Lipinski definition) is 2. The summed E-state index contributed by atoms with van der Waals surface area (Å²) in [5.74, 6) is 0.0796. The Balaban J connectivity index is 2.45. The fraction of sp³-hybridized carbons (Fsp3) is 0.278. The van der Waals surface area contributed by atoms with Crippen LogP contribution < -0.4 is 5.19 Å². The molecule has 0 bridgehead atoms. The first-order chi connectivity index (χ1) is 10.2. The smallest absolute Gasteiger partial charge is 0.206 e. The molecule has 0 aromatic heterocycles. The monoisotopic (exact) mass is 328 g/mol. The van der Waals surface area contributed by atoms with E-state index in [1.54, 1.807) is 0 Å². The molecule has 0 aliphatic carbocycles. The second-order valence-electron chi connectivity index (χ2n) is 6.97. The van der Waals surface area contributed by atoms with Gasteiger partial charge in [-0.2, -0.15) is 0 Å². The lowest BCUT2D eigenvalue weighted by atomic mass is 10.0. The van der Waals surface area contributed by atoms with Crippen LogP contribution in [0.4, 0.5) is 0 Å². The summed E-state index contributed by atoms with van der Waals surface area (Å²) in [6.07, 6.45) is 0. The van der Waals surface area contributed by atoms with Gasteiger partial charge >= 0.3 is 0 Å². The molecule has 4 heteroatoms. The SMILES string of the molecule is C[Si](C)(C)O[Si](C)(C)c1ccccc1C(=O)c1ccccc1. The molecule has 0 radical (unpaired) electrons. The summed E-state index contributed by atoms with van der Waals surface area (Å²) in [5.41, 5.74) is 1.51. The van der Waals surface area contributed by atoms with Crippen molar-refractivity contribution in [2.45, 2.75) is 32.7 Å². The molecule has 0 saturated heterocycles. The van der Waals surface area contributed by atoms with Gasteiger partial charge in [0.05, 0.1) is 0 Å². The molecule has 2 aromatic rings. The zero-order chi connectivity index (χ0) is 16.4. The summed E-state index contributed by atoms with van der Waals surface area (Å²) in [6, 6.07) is 17.4. The molecule has 2 rings (SSSR count). The van der Waals surface area contributed by atoms with Crippen LogP contribution in [0.5, 0.6) is 0 Å². The van der Waals surface area contributed by atoms with Gasteiger partial charge in [-0.3, -0.25) is 4.79 Å². The second-order valence-corrected chi connectivity index (χ2v) is 15.6. The van der Waals surface area contributed by atoms with Crippen molar-refractivity contribution in [1.29, 1.82) is 0 Å². The molecule has 0 unspecified atom stereocenters. The number of rotatable bonds is 5. The lowest BCUT2D eigenvalue weighted by Gasteiger charge is -2.33. The van der Waals surface area contributed by atoms with Gasteiger partial charge in [0, 0.05) is 11.1 Å². The quantitative estimate of drug-likeness (QED) is 0.608. The summed E-state index contributed by atoms with van der Waals surface area (Å²) in [7, 11) is -3.78. The largest absolute Gasteiger partial charge is 0.452 e. The van der Waals surface area contributed by atoms with E-state index < -0.39 is 16.6 Å². The van der Waals surface area contributed by atoms with E-state index in [1.165, 1.54) is 0 Å². The van der Waals surface area contributed by atoms with Crippen LogP contribution in [-0.4, -0.2) is 22.4 Å². The minimum atomic E-state index is -2.11. The molecule has 0 fully saturated rings. The third kappa shape index (κ3) is 4.03. The van der Waals surface area contributed by atoms with Crippen molar-refractivity contribution in [3.63, 3.8) is 0 Å². The molecular weight excluding hydrogens is 304 g/mol. The molecule has 0 spiro atoms. The van der Waals surface area contributed by atoms with Crippen LogP contribution in [0.1, 0.15) is 15.9 Å². The van der Waals surface area contributed by atoms with Gasteiger partial charge in [-0.05, 0) is 37.9 Å². The van der Waals surface area contributed by atoms with Crippen LogP contribution in [0.25, 0.3) is 0 Å². The van der Waals surface area contributed by atoms with Gasteiger partial charge in [0.15, 0.2) is 14.1 Å². The maximum Gasteiger partial charge on any atom is 0.206 e. The van der Waals surface area contributed by atoms with Gasteiger partial charge < -0.3 is 4.12 Å². The van der Waals surface area contributed by atoms with E-state index in [2.05, 4.69) is 38.8 Å². The zero-order valence-corrected chi connectivity index (χ0v) is 16.0. The Kier molecular flexibility index (Phi) is 4.85. The molecule has 2 nitrogen and oxygen atoms in total. The predicted octanol–water partition coefficient (Wildman–Crippen LogP) is 4.18. The number of carbonyl (C=O) groups excluding carboxylic acids is 1. The van der Waals surface area contributed by atoms with E-state index >= 15 is 0 Å². The molecule has 0 amide bonds. The van der Waals surface area contributed by atoms with E-state index in [0.717, 1.165) is 16.3 Å². The summed E-state index contributed by atoms with van der Waals surface area (Å²) < 4.78 is 6.46. The second kappa shape index (κ2) is 6.32. The third-order valence-electron chi connectivity index (χ3n) is 3.42. The molecule has 0 aliphatic heterocycles. The van der Waals surface area contributed by atoms with Crippen molar-refractivity contribution in [2.24, 2.45) is 0 Å². The fourth-order valence-corrected chi connectivity index (χ4v) is 10.7. The number of benzene rings is 2. The van der Waals surface area contributed by atoms with E-state index in [0.29, 0.717) is 0 Å². The van der Waals surface area contributed by atoms with Crippen LogP contribution in [0.15, 0.2) is 54.6 Å². The van der Waals surface area contributed by atoms with Gasteiger partial charge in [0.2, 0.25) is 8.32 Å². The highest BCUT2D eigenvalue weighted by atomic mass is 28.4. The first kappa shape index (κ1) is 16.9. The van der Waals surface area contributed by atoms with Crippen LogP contribution in [0.3, 0.4) is 0 Å². The normalized spacial score (nSPS) is 12.2. The molecule has 116 valence electrons. The van der Waals surface area contributed by atoms with Crippen molar-refractivity contribution in [3.8, 4) is 0 Å². The fourth-order valence-electron chi connectivity index (χ4n) is 2.77. The van der Waals surface area contributed by atoms with E-state index in [1.807, 2.05) is 48.5 Å². The molecule has 0 saturated carbocycles. The Morgan fingerprint density at radius 3 is 1.95 bits per heavy atom. The topological polar surface area (TPSA) is 26.3 Å². The van der Waals surface area contributed by atoms with E-state index in [4.69, 9.17) is 4.12 Å². The summed E-state index contributed by atoms with van der Waals surface area (Å²) >= 11 is 0. The molecule has 22 heavy (non-hydrogen) atoms. The first-order valence-corrected chi connectivity index (χ1v) is 13.9. The Morgan fingerprint density at radius 1 is 0.818 bits per heavy atom. The van der Waals surface area contributed by atoms with Crippen LogP contribution in [-0.2, 0) is 4.12 Å². The Morgan fingerprint density at radius 2 is 1.36 bits per heavy atom. The van der Waals surface area contributed by atoms with Crippen molar-refractivity contribution < 1.29 is 8.91 Å². The maximum atomic E-state index is 12.9. The van der Waals surface area contributed by atoms with Gasteiger partial charge in [-0.15, -0.1) is 0 Å². The van der Waals surface area contributed by atoms with Gasteiger partial charge in [-0.1, -0.05) is 54.6 Å². The number of carbonyl (C=O) groups is 1. The minimum absolute atomic E-state index is 0.0796. The highest BCUT2D eigenvalue weighted by Gasteiger charge is 2.34. The van der Waals surface area contributed by atoms with Crippen molar-refractivity contribution >= 4 is 27.6 Å².